The number of rotatable bonds is 4. The van der Waals surface area contributed by atoms with E-state index in [9.17, 15) is 20.2 Å². The highest BCUT2D eigenvalue weighted by Crippen LogP contribution is 2.56. The lowest BCUT2D eigenvalue weighted by Gasteiger charge is -2.17. The van der Waals surface area contributed by atoms with Crippen molar-refractivity contribution in [2.45, 2.75) is 0 Å². The molecule has 0 bridgehead atoms. The Morgan fingerprint density at radius 2 is 1.15 bits per heavy atom. The van der Waals surface area contributed by atoms with Crippen LogP contribution < -0.4 is 9.47 Å². The molecule has 27 heavy (non-hydrogen) atoms. The van der Waals surface area contributed by atoms with Crippen molar-refractivity contribution in [2.75, 3.05) is 13.2 Å². The highest BCUT2D eigenvalue weighted by atomic mass is 32.1. The third kappa shape index (κ3) is 2.87. The zero-order valence-electron chi connectivity index (χ0n) is 13.8. The number of para-hydroxylation sites is 2. The summed E-state index contributed by atoms with van der Waals surface area (Å²) in [6, 6.07) is 12.7. The van der Waals surface area contributed by atoms with Crippen molar-refractivity contribution in [3.63, 3.8) is 0 Å². The van der Waals surface area contributed by atoms with Gasteiger partial charge in [-0.25, -0.2) is 0 Å². The number of ether oxygens (including phenoxy) is 2. The smallest absolute Gasteiger partial charge is 0.278 e. The number of thiophene rings is 1. The van der Waals surface area contributed by atoms with Gasteiger partial charge in [0.25, 0.3) is 11.4 Å². The van der Waals surface area contributed by atoms with Gasteiger partial charge in [0, 0.05) is 12.1 Å². The summed E-state index contributed by atoms with van der Waals surface area (Å²) >= 11 is 1.19. The summed E-state index contributed by atoms with van der Waals surface area (Å²) in [5, 5.41) is 22.9. The van der Waals surface area contributed by atoms with Crippen LogP contribution in [0.4, 0.5) is 11.4 Å². The van der Waals surface area contributed by atoms with Gasteiger partial charge in [-0.05, 0) is 12.1 Å². The van der Waals surface area contributed by atoms with Crippen LogP contribution in [0.1, 0.15) is 0 Å². The van der Waals surface area contributed by atoms with Crippen LogP contribution >= 0.6 is 11.3 Å². The molecule has 0 amide bonds. The maximum absolute atomic E-state index is 11.4. The molecule has 0 atom stereocenters. The van der Waals surface area contributed by atoms with Crippen LogP contribution in [-0.4, -0.2) is 23.1 Å². The normalized spacial score (nSPS) is 12.6. The molecule has 0 saturated heterocycles. The average molecular weight is 384 g/mol. The molecular weight excluding hydrogens is 372 g/mol. The SMILES string of the molecule is O=[N+]([O-])c1ccccc1-c1sc(-c2ccccc2[N+](=O)[O-])c2c1OCCO2. The van der Waals surface area contributed by atoms with Gasteiger partial charge < -0.3 is 9.47 Å². The van der Waals surface area contributed by atoms with Gasteiger partial charge in [0.05, 0.1) is 30.7 Å². The predicted octanol–water partition coefficient (Wildman–Crippen LogP) is 4.67. The molecule has 8 nitrogen and oxygen atoms in total. The van der Waals surface area contributed by atoms with Crippen molar-refractivity contribution < 1.29 is 19.3 Å². The van der Waals surface area contributed by atoms with E-state index in [1.165, 1.54) is 23.5 Å². The van der Waals surface area contributed by atoms with Crippen LogP contribution in [0.15, 0.2) is 48.5 Å². The standard InChI is InChI=1S/C18H12N2O6S/c21-19(22)13-7-3-1-5-11(13)17-15-16(26-10-9-25-15)18(27-17)12-6-2-4-8-14(12)20(23)24/h1-8H,9-10H2. The van der Waals surface area contributed by atoms with Gasteiger partial charge in [0.15, 0.2) is 11.5 Å². The van der Waals surface area contributed by atoms with Gasteiger partial charge in [-0.2, -0.15) is 0 Å². The van der Waals surface area contributed by atoms with Gasteiger partial charge >= 0.3 is 0 Å². The Hall–Kier alpha value is -3.46. The van der Waals surface area contributed by atoms with E-state index in [0.717, 1.165) is 0 Å². The second kappa shape index (κ2) is 6.69. The lowest BCUT2D eigenvalue weighted by Crippen LogP contribution is -2.15. The van der Waals surface area contributed by atoms with Crippen LogP contribution in [0.2, 0.25) is 0 Å². The number of hydrogen-bond donors (Lipinski definition) is 0. The molecule has 4 rings (SSSR count). The second-order valence-corrected chi connectivity index (χ2v) is 6.68. The highest BCUT2D eigenvalue weighted by Gasteiger charge is 2.31. The first-order chi connectivity index (χ1) is 13.1. The van der Waals surface area contributed by atoms with Crippen molar-refractivity contribution in [2.24, 2.45) is 0 Å². The first-order valence-corrected chi connectivity index (χ1v) is 8.79. The van der Waals surface area contributed by atoms with Crippen LogP contribution in [0.3, 0.4) is 0 Å². The number of benzene rings is 2. The van der Waals surface area contributed by atoms with Crippen LogP contribution in [0.25, 0.3) is 20.9 Å². The van der Waals surface area contributed by atoms with Crippen molar-refractivity contribution in [1.29, 1.82) is 0 Å². The quantitative estimate of drug-likeness (QED) is 0.478. The fourth-order valence-electron chi connectivity index (χ4n) is 2.95. The lowest BCUT2D eigenvalue weighted by molar-refractivity contribution is -0.384. The van der Waals surface area contributed by atoms with Crippen LogP contribution in [-0.2, 0) is 0 Å². The van der Waals surface area contributed by atoms with Crippen LogP contribution in [0, 0.1) is 20.2 Å². The van der Waals surface area contributed by atoms with E-state index in [0.29, 0.717) is 45.6 Å². The van der Waals surface area contributed by atoms with Crippen molar-refractivity contribution in [3.05, 3.63) is 68.8 Å². The molecule has 136 valence electrons. The number of nitro benzene ring substituents is 2. The molecule has 3 aromatic rings. The Kier molecular flexibility index (Phi) is 4.21. The van der Waals surface area contributed by atoms with E-state index in [1.807, 2.05) is 0 Å². The third-order valence-corrected chi connectivity index (χ3v) is 5.31. The van der Waals surface area contributed by atoms with E-state index in [1.54, 1.807) is 36.4 Å². The lowest BCUT2D eigenvalue weighted by atomic mass is 10.1. The number of nitro groups is 2. The number of fused-ring (bicyclic) bond motifs is 1. The minimum absolute atomic E-state index is 0.0650. The van der Waals surface area contributed by atoms with Gasteiger partial charge in [0.1, 0.15) is 13.2 Å². The monoisotopic (exact) mass is 384 g/mol. The van der Waals surface area contributed by atoms with E-state index >= 15 is 0 Å². The summed E-state index contributed by atoms with van der Waals surface area (Å²) in [6.07, 6.45) is 0. The molecule has 0 fully saturated rings. The molecule has 0 radical (unpaired) electrons. The molecule has 0 N–H and O–H groups in total. The molecular formula is C18H12N2O6S. The number of hydrogen-bond acceptors (Lipinski definition) is 7. The summed E-state index contributed by atoms with van der Waals surface area (Å²) in [4.78, 5) is 23.0. The Bertz CT molecular complexity index is 980. The maximum Gasteiger partial charge on any atom is 0.278 e. The van der Waals surface area contributed by atoms with Gasteiger partial charge in [-0.15, -0.1) is 11.3 Å². The zero-order valence-corrected chi connectivity index (χ0v) is 14.6. The molecule has 0 unspecified atom stereocenters. The molecule has 0 saturated carbocycles. The summed E-state index contributed by atoms with van der Waals surface area (Å²) < 4.78 is 11.5. The topological polar surface area (TPSA) is 105 Å². The van der Waals surface area contributed by atoms with E-state index < -0.39 is 9.85 Å². The Labute approximate surface area is 156 Å². The fourth-order valence-corrected chi connectivity index (χ4v) is 4.21. The molecule has 1 aliphatic rings. The van der Waals surface area contributed by atoms with Gasteiger partial charge in [-0.3, -0.25) is 20.2 Å². The molecule has 0 aliphatic carbocycles. The summed E-state index contributed by atoms with van der Waals surface area (Å²) in [5.74, 6) is 0.766. The summed E-state index contributed by atoms with van der Waals surface area (Å²) in [6.45, 7) is 0.599. The fraction of sp³-hybridized carbons (Fsp3) is 0.111. The summed E-state index contributed by atoms with van der Waals surface area (Å²) in [7, 11) is 0. The minimum atomic E-state index is -0.463. The molecule has 2 heterocycles. The Morgan fingerprint density at radius 1 is 0.741 bits per heavy atom. The summed E-state index contributed by atoms with van der Waals surface area (Å²) in [5.41, 5.74) is 0.646. The molecule has 1 aromatic heterocycles. The van der Waals surface area contributed by atoms with Crippen molar-refractivity contribution in [3.8, 4) is 32.4 Å². The predicted molar refractivity (Wildman–Crippen MR) is 99.5 cm³/mol. The first-order valence-electron chi connectivity index (χ1n) is 7.98. The van der Waals surface area contributed by atoms with Crippen molar-refractivity contribution in [1.82, 2.24) is 0 Å². The molecule has 2 aromatic carbocycles. The minimum Gasteiger partial charge on any atom is -0.485 e. The molecule has 1 aliphatic heterocycles. The van der Waals surface area contributed by atoms with E-state index in [-0.39, 0.29) is 11.4 Å². The Balaban J connectivity index is 1.98. The average Bonchev–Trinajstić information content (AvgIpc) is 3.07. The van der Waals surface area contributed by atoms with Gasteiger partial charge in [0.2, 0.25) is 0 Å². The van der Waals surface area contributed by atoms with Crippen molar-refractivity contribution >= 4 is 22.7 Å². The van der Waals surface area contributed by atoms with Crippen LogP contribution in [0.5, 0.6) is 11.5 Å². The molecule has 9 heteroatoms. The molecule has 0 spiro atoms. The third-order valence-electron chi connectivity index (χ3n) is 4.09. The Morgan fingerprint density at radius 3 is 1.56 bits per heavy atom. The maximum atomic E-state index is 11.4. The first kappa shape index (κ1) is 17.0. The van der Waals surface area contributed by atoms with Gasteiger partial charge in [-0.1, -0.05) is 24.3 Å². The zero-order chi connectivity index (χ0) is 19.0. The second-order valence-electron chi connectivity index (χ2n) is 5.66. The van der Waals surface area contributed by atoms with E-state index in [4.69, 9.17) is 9.47 Å². The largest absolute Gasteiger partial charge is 0.485 e. The number of nitrogens with zero attached hydrogens (tertiary/aromatic N) is 2. The highest BCUT2D eigenvalue weighted by molar-refractivity contribution is 7.19. The van der Waals surface area contributed by atoms with E-state index in [2.05, 4.69) is 0 Å².